The summed E-state index contributed by atoms with van der Waals surface area (Å²) in [6.07, 6.45) is 1.38. The van der Waals surface area contributed by atoms with Gasteiger partial charge in [0, 0.05) is 12.2 Å². The van der Waals surface area contributed by atoms with Gasteiger partial charge in [0.25, 0.3) is 10.0 Å². The zero-order chi connectivity index (χ0) is 20.4. The minimum Gasteiger partial charge on any atom is -0.492 e. The lowest BCUT2D eigenvalue weighted by molar-refractivity contribution is 0.331. The molecule has 152 valence electrons. The number of hydrogen-bond acceptors (Lipinski definition) is 5. The molecule has 0 aromatic heterocycles. The maximum atomic E-state index is 12.8. The molecule has 2 aromatic carbocycles. The maximum absolute atomic E-state index is 12.8. The second-order valence-corrected chi connectivity index (χ2v) is 10.2. The van der Waals surface area contributed by atoms with E-state index in [1.54, 1.807) is 50.2 Å². The Morgan fingerprint density at radius 1 is 1.07 bits per heavy atom. The summed E-state index contributed by atoms with van der Waals surface area (Å²) < 4.78 is 59.7. The fraction of sp³-hybridized carbons (Fsp3) is 0.368. The van der Waals surface area contributed by atoms with Crippen molar-refractivity contribution in [1.82, 2.24) is 0 Å². The summed E-state index contributed by atoms with van der Waals surface area (Å²) in [5.41, 5.74) is 1.81. The van der Waals surface area contributed by atoms with Crippen molar-refractivity contribution in [3.63, 3.8) is 0 Å². The van der Waals surface area contributed by atoms with Gasteiger partial charge in [-0.3, -0.25) is 9.03 Å². The van der Waals surface area contributed by atoms with Crippen LogP contribution in [-0.2, 0) is 26.5 Å². The molecule has 1 aliphatic rings. The average molecular weight is 425 g/mol. The molecule has 0 spiro atoms. The molecule has 0 saturated heterocycles. The molecule has 0 saturated carbocycles. The van der Waals surface area contributed by atoms with Crippen molar-refractivity contribution in [2.24, 2.45) is 0 Å². The van der Waals surface area contributed by atoms with Crippen LogP contribution in [0.4, 0.5) is 11.4 Å². The van der Waals surface area contributed by atoms with Crippen LogP contribution in [0.25, 0.3) is 0 Å². The molecule has 3 rings (SSSR count). The van der Waals surface area contributed by atoms with Gasteiger partial charge in [0.15, 0.2) is 0 Å². The lowest BCUT2D eigenvalue weighted by Crippen LogP contribution is -2.36. The number of rotatable bonds is 7. The Morgan fingerprint density at radius 2 is 1.82 bits per heavy atom. The van der Waals surface area contributed by atoms with E-state index in [9.17, 15) is 16.8 Å². The van der Waals surface area contributed by atoms with E-state index in [1.807, 2.05) is 0 Å². The Balaban J connectivity index is 1.93. The molecular weight excluding hydrogens is 400 g/mol. The monoisotopic (exact) mass is 424 g/mol. The van der Waals surface area contributed by atoms with Crippen LogP contribution < -0.4 is 13.8 Å². The highest BCUT2D eigenvalue weighted by atomic mass is 32.2. The summed E-state index contributed by atoms with van der Waals surface area (Å²) in [6.45, 7) is 4.20. The second kappa shape index (κ2) is 8.00. The number of aryl methyl sites for hydroxylation is 1. The minimum absolute atomic E-state index is 0.0229. The van der Waals surface area contributed by atoms with Gasteiger partial charge in [-0.15, -0.1) is 0 Å². The standard InChI is InChI=1S/C19H24N2O5S2/c1-3-26-18-9-5-6-10-19(18)28(24,25)20-16-11-12-17-15(14-16)8-7-13-21(17)27(22,23)4-2/h5-6,9-12,14,20H,3-4,7-8,13H2,1-2H3. The van der Waals surface area contributed by atoms with Crippen LogP contribution >= 0.6 is 0 Å². The highest BCUT2D eigenvalue weighted by Crippen LogP contribution is 2.33. The van der Waals surface area contributed by atoms with Crippen LogP contribution in [0, 0.1) is 0 Å². The second-order valence-electron chi connectivity index (χ2n) is 6.40. The fourth-order valence-corrected chi connectivity index (χ4v) is 5.62. The van der Waals surface area contributed by atoms with Crippen molar-refractivity contribution in [2.45, 2.75) is 31.6 Å². The molecule has 2 aromatic rings. The fourth-order valence-electron chi connectivity index (χ4n) is 3.23. The lowest BCUT2D eigenvalue weighted by atomic mass is 10.0. The molecule has 28 heavy (non-hydrogen) atoms. The molecule has 0 bridgehead atoms. The number of nitrogens with zero attached hydrogens (tertiary/aromatic N) is 1. The van der Waals surface area contributed by atoms with Gasteiger partial charge in [0.1, 0.15) is 10.6 Å². The largest absolute Gasteiger partial charge is 0.492 e. The normalized spacial score (nSPS) is 14.4. The van der Waals surface area contributed by atoms with Gasteiger partial charge in [-0.05, 0) is 62.6 Å². The van der Waals surface area contributed by atoms with Gasteiger partial charge in [-0.2, -0.15) is 0 Å². The number of ether oxygens (including phenoxy) is 1. The number of anilines is 2. The first kappa shape index (κ1) is 20.5. The van der Waals surface area contributed by atoms with E-state index in [0.29, 0.717) is 37.4 Å². The number of para-hydroxylation sites is 1. The van der Waals surface area contributed by atoms with Crippen molar-refractivity contribution in [2.75, 3.05) is 27.9 Å². The predicted octanol–water partition coefficient (Wildman–Crippen LogP) is 2.99. The third-order valence-electron chi connectivity index (χ3n) is 4.55. The molecular formula is C19H24N2O5S2. The van der Waals surface area contributed by atoms with E-state index in [1.165, 1.54) is 10.4 Å². The van der Waals surface area contributed by atoms with Gasteiger partial charge in [0.2, 0.25) is 10.0 Å². The number of sulfonamides is 2. The molecule has 0 atom stereocenters. The maximum Gasteiger partial charge on any atom is 0.265 e. The average Bonchev–Trinajstić information content (AvgIpc) is 2.67. The molecule has 9 heteroatoms. The number of nitrogens with one attached hydrogen (secondary N) is 1. The zero-order valence-corrected chi connectivity index (χ0v) is 17.5. The van der Waals surface area contributed by atoms with E-state index in [4.69, 9.17) is 4.74 Å². The number of fused-ring (bicyclic) bond motifs is 1. The molecule has 1 aliphatic heterocycles. The van der Waals surface area contributed by atoms with Crippen LogP contribution in [0.15, 0.2) is 47.4 Å². The quantitative estimate of drug-likeness (QED) is 0.738. The van der Waals surface area contributed by atoms with Gasteiger partial charge in [-0.25, -0.2) is 16.8 Å². The molecule has 7 nitrogen and oxygen atoms in total. The highest BCUT2D eigenvalue weighted by Gasteiger charge is 2.27. The predicted molar refractivity (Wildman–Crippen MR) is 110 cm³/mol. The molecule has 1 N–H and O–H groups in total. The number of hydrogen-bond donors (Lipinski definition) is 1. The van der Waals surface area contributed by atoms with Crippen LogP contribution in [0.3, 0.4) is 0 Å². The zero-order valence-electron chi connectivity index (χ0n) is 15.9. The van der Waals surface area contributed by atoms with Gasteiger partial charge >= 0.3 is 0 Å². The first-order chi connectivity index (χ1) is 13.3. The Hall–Kier alpha value is -2.26. The van der Waals surface area contributed by atoms with Crippen molar-refractivity contribution >= 4 is 31.4 Å². The number of benzene rings is 2. The third kappa shape index (κ3) is 4.10. The summed E-state index contributed by atoms with van der Waals surface area (Å²) in [6, 6.07) is 11.4. The summed E-state index contributed by atoms with van der Waals surface area (Å²) >= 11 is 0. The van der Waals surface area contributed by atoms with Gasteiger partial charge in [-0.1, -0.05) is 12.1 Å². The van der Waals surface area contributed by atoms with Crippen molar-refractivity contribution in [1.29, 1.82) is 0 Å². The van der Waals surface area contributed by atoms with Gasteiger partial charge < -0.3 is 4.74 Å². The van der Waals surface area contributed by atoms with Gasteiger partial charge in [0.05, 0.1) is 18.0 Å². The molecule has 0 radical (unpaired) electrons. The Labute approximate surface area is 166 Å². The molecule has 0 unspecified atom stereocenters. The SMILES string of the molecule is CCOc1ccccc1S(=O)(=O)Nc1ccc2c(c1)CCCN2S(=O)(=O)CC. The van der Waals surface area contributed by atoms with Crippen molar-refractivity contribution in [3.05, 3.63) is 48.0 Å². The molecule has 1 heterocycles. The Kier molecular flexibility index (Phi) is 5.85. The van der Waals surface area contributed by atoms with E-state index in [2.05, 4.69) is 4.72 Å². The summed E-state index contributed by atoms with van der Waals surface area (Å²) in [5, 5.41) is 0. The molecule has 0 aliphatic carbocycles. The van der Waals surface area contributed by atoms with E-state index < -0.39 is 20.0 Å². The topological polar surface area (TPSA) is 92.8 Å². The summed E-state index contributed by atoms with van der Waals surface area (Å²) in [5.74, 6) is 0.311. The van der Waals surface area contributed by atoms with Crippen LogP contribution in [-0.4, -0.2) is 35.7 Å². The highest BCUT2D eigenvalue weighted by molar-refractivity contribution is 7.93. The first-order valence-electron chi connectivity index (χ1n) is 9.16. The molecule has 0 fully saturated rings. The van der Waals surface area contributed by atoms with E-state index >= 15 is 0 Å². The Morgan fingerprint density at radius 3 is 2.54 bits per heavy atom. The first-order valence-corrected chi connectivity index (χ1v) is 12.3. The Bertz CT molecular complexity index is 1070. The molecule has 0 amide bonds. The summed E-state index contributed by atoms with van der Waals surface area (Å²) in [7, 11) is -7.21. The van der Waals surface area contributed by atoms with Crippen LogP contribution in [0.1, 0.15) is 25.8 Å². The van der Waals surface area contributed by atoms with Crippen molar-refractivity contribution in [3.8, 4) is 5.75 Å². The summed E-state index contributed by atoms with van der Waals surface area (Å²) in [4.78, 5) is 0.0600. The van der Waals surface area contributed by atoms with Crippen LogP contribution in [0.5, 0.6) is 5.75 Å². The van der Waals surface area contributed by atoms with Crippen LogP contribution in [0.2, 0.25) is 0 Å². The third-order valence-corrected chi connectivity index (χ3v) is 7.75. The van der Waals surface area contributed by atoms with Crippen molar-refractivity contribution < 1.29 is 21.6 Å². The minimum atomic E-state index is -3.85. The van der Waals surface area contributed by atoms with E-state index in [0.717, 1.165) is 5.56 Å². The lowest BCUT2D eigenvalue weighted by Gasteiger charge is -2.30. The smallest absolute Gasteiger partial charge is 0.265 e. The van der Waals surface area contributed by atoms with E-state index in [-0.39, 0.29) is 16.4 Å².